The molecule has 16 heavy (non-hydrogen) atoms. The number of alkyl halides is 1. The molecule has 88 valence electrons. The summed E-state index contributed by atoms with van der Waals surface area (Å²) >= 11 is 8.84. The van der Waals surface area contributed by atoms with E-state index in [2.05, 4.69) is 15.9 Å². The SMILES string of the molecule is O=C(CCCBr)CCc1ccc(Cl)c(F)c1. The van der Waals surface area contributed by atoms with Gasteiger partial charge >= 0.3 is 0 Å². The fourth-order valence-corrected chi connectivity index (χ4v) is 1.77. The van der Waals surface area contributed by atoms with Crippen molar-refractivity contribution >= 4 is 33.3 Å². The Balaban J connectivity index is 2.42. The van der Waals surface area contributed by atoms with Crippen LogP contribution in [0.25, 0.3) is 0 Å². The number of hydrogen-bond donors (Lipinski definition) is 0. The summed E-state index contributed by atoms with van der Waals surface area (Å²) in [5.41, 5.74) is 0.814. The summed E-state index contributed by atoms with van der Waals surface area (Å²) in [6.07, 6.45) is 2.48. The molecule has 1 aromatic rings. The molecule has 0 saturated heterocycles. The molecule has 1 aromatic carbocycles. The Hall–Kier alpha value is -0.410. The van der Waals surface area contributed by atoms with E-state index in [1.165, 1.54) is 12.1 Å². The second-order valence-electron chi connectivity index (χ2n) is 3.58. The number of rotatable bonds is 6. The average Bonchev–Trinajstić information content (AvgIpc) is 2.28. The number of ketones is 1. The number of Topliss-reactive ketones (excluding diaryl/α,β-unsaturated/α-hetero) is 1. The van der Waals surface area contributed by atoms with Gasteiger partial charge in [-0.05, 0) is 30.5 Å². The minimum absolute atomic E-state index is 0.120. The molecule has 0 spiro atoms. The number of hydrogen-bond acceptors (Lipinski definition) is 1. The zero-order valence-electron chi connectivity index (χ0n) is 8.81. The molecule has 0 radical (unpaired) electrons. The molecular formula is C12H13BrClFO. The minimum Gasteiger partial charge on any atom is -0.300 e. The van der Waals surface area contributed by atoms with Gasteiger partial charge in [0.1, 0.15) is 11.6 Å². The van der Waals surface area contributed by atoms with Crippen molar-refractivity contribution in [2.75, 3.05) is 5.33 Å². The Kier molecular flexibility index (Phi) is 5.99. The monoisotopic (exact) mass is 306 g/mol. The first-order valence-corrected chi connectivity index (χ1v) is 6.65. The second kappa shape index (κ2) is 7.02. The number of aryl methyl sites for hydroxylation is 1. The van der Waals surface area contributed by atoms with Crippen LogP contribution in [0, 0.1) is 5.82 Å². The van der Waals surface area contributed by atoms with E-state index < -0.39 is 5.82 Å². The van der Waals surface area contributed by atoms with Crippen molar-refractivity contribution in [2.24, 2.45) is 0 Å². The van der Waals surface area contributed by atoms with Crippen LogP contribution >= 0.6 is 27.5 Å². The summed E-state index contributed by atoms with van der Waals surface area (Å²) in [5.74, 6) is -0.207. The van der Waals surface area contributed by atoms with E-state index in [0.717, 1.165) is 17.3 Å². The highest BCUT2D eigenvalue weighted by atomic mass is 79.9. The first kappa shape index (κ1) is 13.7. The molecule has 0 N–H and O–H groups in total. The zero-order chi connectivity index (χ0) is 12.0. The molecule has 0 heterocycles. The van der Waals surface area contributed by atoms with Gasteiger partial charge in [0.05, 0.1) is 5.02 Å². The quantitative estimate of drug-likeness (QED) is 0.721. The Morgan fingerprint density at radius 3 is 2.75 bits per heavy atom. The molecule has 0 saturated carbocycles. The summed E-state index contributed by atoms with van der Waals surface area (Å²) in [7, 11) is 0. The lowest BCUT2D eigenvalue weighted by atomic mass is 10.1. The maximum Gasteiger partial charge on any atom is 0.142 e. The van der Waals surface area contributed by atoms with E-state index in [1.54, 1.807) is 6.07 Å². The van der Waals surface area contributed by atoms with Gasteiger partial charge in [-0.25, -0.2) is 4.39 Å². The molecule has 0 aromatic heterocycles. The van der Waals surface area contributed by atoms with Crippen molar-refractivity contribution < 1.29 is 9.18 Å². The predicted molar refractivity (Wildman–Crippen MR) is 67.8 cm³/mol. The molecule has 0 aliphatic carbocycles. The van der Waals surface area contributed by atoms with Crippen LogP contribution < -0.4 is 0 Å². The van der Waals surface area contributed by atoms with Crippen molar-refractivity contribution in [3.8, 4) is 0 Å². The van der Waals surface area contributed by atoms with Gasteiger partial charge in [-0.2, -0.15) is 0 Å². The summed E-state index contributed by atoms with van der Waals surface area (Å²) in [5, 5.41) is 0.961. The predicted octanol–water partition coefficient (Wildman–Crippen LogP) is 4.16. The van der Waals surface area contributed by atoms with Crippen LogP contribution in [0.3, 0.4) is 0 Å². The molecule has 4 heteroatoms. The zero-order valence-corrected chi connectivity index (χ0v) is 11.2. The summed E-state index contributed by atoms with van der Waals surface area (Å²) in [4.78, 5) is 11.4. The Morgan fingerprint density at radius 2 is 2.12 bits per heavy atom. The van der Waals surface area contributed by atoms with Gasteiger partial charge in [-0.15, -0.1) is 0 Å². The van der Waals surface area contributed by atoms with Gasteiger partial charge < -0.3 is 0 Å². The van der Waals surface area contributed by atoms with Gasteiger partial charge in [0, 0.05) is 18.2 Å². The van der Waals surface area contributed by atoms with E-state index >= 15 is 0 Å². The Morgan fingerprint density at radius 1 is 1.38 bits per heavy atom. The molecular weight excluding hydrogens is 294 g/mol. The second-order valence-corrected chi connectivity index (χ2v) is 4.78. The normalized spacial score (nSPS) is 10.4. The first-order chi connectivity index (χ1) is 7.63. The molecule has 0 aliphatic heterocycles. The first-order valence-electron chi connectivity index (χ1n) is 5.15. The number of halogens is 3. The maximum absolute atomic E-state index is 13.1. The maximum atomic E-state index is 13.1. The largest absolute Gasteiger partial charge is 0.300 e. The highest BCUT2D eigenvalue weighted by Crippen LogP contribution is 2.16. The van der Waals surface area contributed by atoms with Crippen LogP contribution in [0.5, 0.6) is 0 Å². The van der Waals surface area contributed by atoms with Crippen molar-refractivity contribution in [3.05, 3.63) is 34.6 Å². The van der Waals surface area contributed by atoms with E-state index in [-0.39, 0.29) is 10.8 Å². The lowest BCUT2D eigenvalue weighted by Gasteiger charge is -2.02. The Labute approximate surface area is 108 Å². The van der Waals surface area contributed by atoms with E-state index in [4.69, 9.17) is 11.6 Å². The third-order valence-corrected chi connectivity index (χ3v) is 3.13. The van der Waals surface area contributed by atoms with Crippen LogP contribution in [0.2, 0.25) is 5.02 Å². The van der Waals surface area contributed by atoms with Gasteiger partial charge in [-0.1, -0.05) is 33.6 Å². The van der Waals surface area contributed by atoms with Gasteiger partial charge in [0.25, 0.3) is 0 Å². The molecule has 0 atom stereocenters. The summed E-state index contributed by atoms with van der Waals surface area (Å²) < 4.78 is 13.1. The van der Waals surface area contributed by atoms with Crippen LogP contribution in [-0.2, 0) is 11.2 Å². The topological polar surface area (TPSA) is 17.1 Å². The van der Waals surface area contributed by atoms with Crippen molar-refractivity contribution in [3.63, 3.8) is 0 Å². The van der Waals surface area contributed by atoms with E-state index in [1.807, 2.05) is 0 Å². The fraction of sp³-hybridized carbons (Fsp3) is 0.417. The summed E-state index contributed by atoms with van der Waals surface area (Å²) in [6.45, 7) is 0. The van der Waals surface area contributed by atoms with Crippen LogP contribution in [0.1, 0.15) is 24.8 Å². The van der Waals surface area contributed by atoms with Crippen molar-refractivity contribution in [2.45, 2.75) is 25.7 Å². The molecule has 0 bridgehead atoms. The number of benzene rings is 1. The number of carbonyl (C=O) groups excluding carboxylic acids is 1. The molecule has 0 unspecified atom stereocenters. The molecule has 1 nitrogen and oxygen atoms in total. The third-order valence-electron chi connectivity index (χ3n) is 2.27. The lowest BCUT2D eigenvalue weighted by molar-refractivity contribution is -0.119. The average molecular weight is 308 g/mol. The third kappa shape index (κ3) is 4.62. The highest BCUT2D eigenvalue weighted by Gasteiger charge is 2.04. The van der Waals surface area contributed by atoms with Crippen molar-refractivity contribution in [1.29, 1.82) is 0 Å². The fourth-order valence-electron chi connectivity index (χ4n) is 1.37. The Bertz CT molecular complexity index is 368. The lowest BCUT2D eigenvalue weighted by Crippen LogP contribution is -2.00. The van der Waals surface area contributed by atoms with Gasteiger partial charge in [-0.3, -0.25) is 4.79 Å². The molecule has 0 fully saturated rings. The smallest absolute Gasteiger partial charge is 0.142 e. The number of carbonyl (C=O) groups is 1. The van der Waals surface area contributed by atoms with E-state index in [0.29, 0.717) is 19.3 Å². The molecule has 1 rings (SSSR count). The van der Waals surface area contributed by atoms with Crippen LogP contribution in [0.4, 0.5) is 4.39 Å². The van der Waals surface area contributed by atoms with Gasteiger partial charge in [0.2, 0.25) is 0 Å². The van der Waals surface area contributed by atoms with Crippen LogP contribution in [-0.4, -0.2) is 11.1 Å². The van der Waals surface area contributed by atoms with Crippen LogP contribution in [0.15, 0.2) is 18.2 Å². The minimum atomic E-state index is -0.424. The highest BCUT2D eigenvalue weighted by molar-refractivity contribution is 9.09. The van der Waals surface area contributed by atoms with Crippen molar-refractivity contribution in [1.82, 2.24) is 0 Å². The summed E-state index contributed by atoms with van der Waals surface area (Å²) in [6, 6.07) is 4.67. The molecule has 0 aliphatic rings. The standard InChI is InChI=1S/C12H13BrClFO/c13-7-1-2-10(16)5-3-9-4-6-11(14)12(15)8-9/h4,6,8H,1-3,5,7H2. The molecule has 0 amide bonds. The van der Waals surface area contributed by atoms with E-state index in [9.17, 15) is 9.18 Å². The van der Waals surface area contributed by atoms with Gasteiger partial charge in [0.15, 0.2) is 0 Å².